The van der Waals surface area contributed by atoms with E-state index in [4.69, 9.17) is 5.26 Å². The van der Waals surface area contributed by atoms with Crippen LogP contribution < -0.4 is 0 Å². The van der Waals surface area contributed by atoms with E-state index in [2.05, 4.69) is 31.9 Å². The first-order chi connectivity index (χ1) is 14.8. The summed E-state index contributed by atoms with van der Waals surface area (Å²) in [6.45, 7) is 7.98. The maximum absolute atomic E-state index is 11.2. The highest BCUT2D eigenvalue weighted by atomic mass is 16.3. The summed E-state index contributed by atoms with van der Waals surface area (Å²) >= 11 is 0. The minimum absolute atomic E-state index is 0.385. The summed E-state index contributed by atoms with van der Waals surface area (Å²) in [4.78, 5) is 0. The zero-order chi connectivity index (χ0) is 21.8. The lowest BCUT2D eigenvalue weighted by Crippen LogP contribution is -2.52. The van der Waals surface area contributed by atoms with Crippen molar-refractivity contribution in [1.29, 1.82) is 5.26 Å². The summed E-state index contributed by atoms with van der Waals surface area (Å²) in [5.41, 5.74) is 0.754. The molecule has 8 atom stereocenters. The molecule has 0 aromatic carbocycles. The van der Waals surface area contributed by atoms with Crippen molar-refractivity contribution in [2.75, 3.05) is 0 Å². The molecule has 4 nitrogen and oxygen atoms in total. The normalized spacial score (nSPS) is 44.4. The molecule has 4 aliphatic carbocycles. The fourth-order valence-corrected chi connectivity index (χ4v) is 8.85. The van der Waals surface area contributed by atoms with Gasteiger partial charge >= 0.3 is 0 Å². The molecule has 0 aliphatic heterocycles. The maximum atomic E-state index is 11.2. The number of nitriles is 1. The zero-order valence-electron chi connectivity index (χ0n) is 19.8. The van der Waals surface area contributed by atoms with Crippen LogP contribution in [0.2, 0.25) is 0 Å². The van der Waals surface area contributed by atoms with Crippen molar-refractivity contribution in [2.24, 2.45) is 46.8 Å². The lowest BCUT2D eigenvalue weighted by atomic mass is 9.48. The van der Waals surface area contributed by atoms with Gasteiger partial charge in [-0.3, -0.25) is 4.68 Å². The first-order valence-electron chi connectivity index (χ1n) is 13.0. The number of rotatable bonds is 4. The van der Waals surface area contributed by atoms with Gasteiger partial charge in [0.05, 0.1) is 17.4 Å². The van der Waals surface area contributed by atoms with Crippen LogP contribution in [-0.4, -0.2) is 20.5 Å². The molecule has 1 N–H and O–H groups in total. The first-order valence-corrected chi connectivity index (χ1v) is 13.0. The third-order valence-corrected chi connectivity index (χ3v) is 10.8. The van der Waals surface area contributed by atoms with Crippen LogP contribution in [-0.2, 0) is 6.54 Å². The third-order valence-electron chi connectivity index (χ3n) is 10.8. The summed E-state index contributed by atoms with van der Waals surface area (Å²) in [5.74, 6) is 5.55. The van der Waals surface area contributed by atoms with E-state index in [0.717, 1.165) is 54.9 Å². The highest BCUT2D eigenvalue weighted by Crippen LogP contribution is 2.65. The summed E-state index contributed by atoms with van der Waals surface area (Å²) in [6.07, 6.45) is 16.5. The number of fused-ring (bicyclic) bond motifs is 5. The van der Waals surface area contributed by atoms with Gasteiger partial charge in [-0.25, -0.2) is 0 Å². The Morgan fingerprint density at radius 3 is 2.68 bits per heavy atom. The van der Waals surface area contributed by atoms with E-state index in [1.54, 1.807) is 6.20 Å². The van der Waals surface area contributed by atoms with Crippen molar-refractivity contribution >= 4 is 0 Å². The summed E-state index contributed by atoms with van der Waals surface area (Å²) in [6, 6.07) is 2.19. The van der Waals surface area contributed by atoms with Gasteiger partial charge in [-0.15, -0.1) is 0 Å². The fraction of sp³-hybridized carbons (Fsp3) is 0.852. The quantitative estimate of drug-likeness (QED) is 0.665. The average Bonchev–Trinajstić information content (AvgIpc) is 3.35. The second kappa shape index (κ2) is 7.91. The van der Waals surface area contributed by atoms with Gasteiger partial charge in [-0.2, -0.15) is 10.4 Å². The number of aryl methyl sites for hydroxylation is 1. The van der Waals surface area contributed by atoms with Crippen LogP contribution in [0.15, 0.2) is 12.4 Å². The Hall–Kier alpha value is -1.34. The van der Waals surface area contributed by atoms with Gasteiger partial charge in [0, 0.05) is 12.7 Å². The Balaban J connectivity index is 1.25. The predicted octanol–water partition coefficient (Wildman–Crippen LogP) is 5.80. The second-order valence-corrected chi connectivity index (χ2v) is 12.1. The van der Waals surface area contributed by atoms with Gasteiger partial charge < -0.3 is 5.11 Å². The van der Waals surface area contributed by atoms with E-state index < -0.39 is 5.60 Å². The molecular formula is C27H41N3O. The second-order valence-electron chi connectivity index (χ2n) is 12.1. The van der Waals surface area contributed by atoms with Crippen molar-refractivity contribution in [2.45, 2.75) is 97.1 Å². The molecule has 0 saturated heterocycles. The monoisotopic (exact) mass is 423 g/mol. The Bertz CT molecular complexity index is 840. The molecule has 0 unspecified atom stereocenters. The van der Waals surface area contributed by atoms with Crippen LogP contribution in [0.3, 0.4) is 0 Å². The molecule has 1 heterocycles. The molecule has 4 saturated carbocycles. The Kier molecular flexibility index (Phi) is 5.48. The molecule has 1 aromatic heterocycles. The van der Waals surface area contributed by atoms with Gasteiger partial charge in [0.1, 0.15) is 6.07 Å². The standard InChI is InChI=1S/C27H41N3O/c1-18(2)27(31)12-9-22-20(14-27)4-6-24-23(22)8-11-26(3)21(5-7-25(24)26)10-13-30-17-19(15-28)16-29-30/h16-18,20-25,31H,4-14H2,1-3H3/t20-,21-,22+,23-,24-,25+,26-,27-/m1/s1. The number of hydrogen-bond donors (Lipinski definition) is 1. The van der Waals surface area contributed by atoms with Crippen LogP contribution in [0.5, 0.6) is 0 Å². The average molecular weight is 424 g/mol. The molecule has 0 amide bonds. The summed E-state index contributed by atoms with van der Waals surface area (Å²) < 4.78 is 1.98. The number of nitrogens with zero attached hydrogens (tertiary/aromatic N) is 3. The lowest BCUT2D eigenvalue weighted by Gasteiger charge is -2.57. The maximum Gasteiger partial charge on any atom is 0.102 e. The smallest absolute Gasteiger partial charge is 0.102 e. The van der Waals surface area contributed by atoms with Crippen molar-refractivity contribution in [1.82, 2.24) is 9.78 Å². The third kappa shape index (κ3) is 3.56. The fourth-order valence-electron chi connectivity index (χ4n) is 8.85. The first kappa shape index (κ1) is 21.5. The SMILES string of the molecule is CC(C)[C@@]1(O)CC[C@H]2[C@H](CC[C@@H]3[C@@H]2CC[C@]2(C)[C@@H](CCn4cc(C#N)cn4)CC[C@@H]32)C1. The minimum atomic E-state index is -0.409. The number of aliphatic hydroxyl groups is 1. The largest absolute Gasteiger partial charge is 0.390 e. The molecule has 4 heteroatoms. The number of aromatic nitrogens is 2. The van der Waals surface area contributed by atoms with E-state index in [9.17, 15) is 5.11 Å². The van der Waals surface area contributed by atoms with Crippen LogP contribution in [0.25, 0.3) is 0 Å². The van der Waals surface area contributed by atoms with Gasteiger partial charge in [-0.1, -0.05) is 20.8 Å². The molecule has 0 bridgehead atoms. The van der Waals surface area contributed by atoms with Crippen LogP contribution in [0, 0.1) is 58.2 Å². The molecular weight excluding hydrogens is 382 g/mol. The van der Waals surface area contributed by atoms with E-state index in [-0.39, 0.29) is 0 Å². The predicted molar refractivity (Wildman–Crippen MR) is 122 cm³/mol. The van der Waals surface area contributed by atoms with Gasteiger partial charge in [0.2, 0.25) is 0 Å². The lowest BCUT2D eigenvalue weighted by molar-refractivity contribution is -0.121. The van der Waals surface area contributed by atoms with Crippen molar-refractivity contribution < 1.29 is 5.11 Å². The summed E-state index contributed by atoms with van der Waals surface area (Å²) in [5, 5.41) is 24.6. The minimum Gasteiger partial charge on any atom is -0.390 e. The van der Waals surface area contributed by atoms with Crippen LogP contribution >= 0.6 is 0 Å². The molecule has 5 rings (SSSR count). The highest BCUT2D eigenvalue weighted by Gasteiger charge is 2.57. The van der Waals surface area contributed by atoms with Crippen LogP contribution in [0.1, 0.15) is 90.5 Å². The van der Waals surface area contributed by atoms with E-state index in [0.29, 0.717) is 16.9 Å². The van der Waals surface area contributed by atoms with E-state index in [1.807, 2.05) is 10.9 Å². The van der Waals surface area contributed by atoms with Gasteiger partial charge in [-0.05, 0) is 111 Å². The zero-order valence-corrected chi connectivity index (χ0v) is 19.8. The topological polar surface area (TPSA) is 61.8 Å². The molecule has 1 aromatic rings. The van der Waals surface area contributed by atoms with Crippen molar-refractivity contribution in [3.8, 4) is 6.07 Å². The Morgan fingerprint density at radius 1 is 1.13 bits per heavy atom. The molecule has 31 heavy (non-hydrogen) atoms. The Labute approximate surface area is 188 Å². The summed E-state index contributed by atoms with van der Waals surface area (Å²) in [7, 11) is 0. The Morgan fingerprint density at radius 2 is 1.94 bits per heavy atom. The molecule has 170 valence electrons. The van der Waals surface area contributed by atoms with E-state index in [1.165, 1.54) is 51.4 Å². The van der Waals surface area contributed by atoms with Crippen molar-refractivity contribution in [3.05, 3.63) is 18.0 Å². The highest BCUT2D eigenvalue weighted by molar-refractivity contribution is 5.21. The molecule has 0 radical (unpaired) electrons. The molecule has 0 spiro atoms. The van der Waals surface area contributed by atoms with Crippen LogP contribution in [0.4, 0.5) is 0 Å². The van der Waals surface area contributed by atoms with Crippen molar-refractivity contribution in [3.63, 3.8) is 0 Å². The van der Waals surface area contributed by atoms with E-state index >= 15 is 0 Å². The van der Waals surface area contributed by atoms with Gasteiger partial charge in [0.15, 0.2) is 0 Å². The number of hydrogen-bond acceptors (Lipinski definition) is 3. The molecule has 4 aliphatic rings. The molecule has 4 fully saturated rings. The van der Waals surface area contributed by atoms with Gasteiger partial charge in [0.25, 0.3) is 0 Å².